The van der Waals surface area contributed by atoms with Gasteiger partial charge in [-0.15, -0.1) is 0 Å². The van der Waals surface area contributed by atoms with Crippen LogP contribution in [0.3, 0.4) is 0 Å². The van der Waals surface area contributed by atoms with Crippen molar-refractivity contribution in [2.75, 3.05) is 25.2 Å². The zero-order valence-corrected chi connectivity index (χ0v) is 22.7. The van der Waals surface area contributed by atoms with Crippen LogP contribution in [-0.2, 0) is 4.74 Å². The zero-order valence-electron chi connectivity index (χ0n) is 19.7. The first-order valence-electron chi connectivity index (χ1n) is 11.4. The van der Waals surface area contributed by atoms with Crippen LogP contribution in [0.2, 0.25) is 15.1 Å². The first kappa shape index (κ1) is 25.8. The minimum atomic E-state index is -0.356. The number of benzene rings is 2. The molecule has 3 heterocycles. The number of nitrogens with zero attached hydrogens (tertiary/aromatic N) is 2. The summed E-state index contributed by atoms with van der Waals surface area (Å²) >= 11 is 25.1. The van der Waals surface area contributed by atoms with Crippen molar-refractivity contribution < 1.29 is 13.9 Å². The molecule has 0 bridgehead atoms. The summed E-state index contributed by atoms with van der Waals surface area (Å²) in [4.78, 5) is 6.55. The van der Waals surface area contributed by atoms with Crippen LogP contribution < -0.4 is 15.0 Å². The third-order valence-corrected chi connectivity index (χ3v) is 7.40. The van der Waals surface area contributed by atoms with E-state index in [4.69, 9.17) is 60.9 Å². The molecule has 1 aliphatic heterocycles. The van der Waals surface area contributed by atoms with E-state index in [1.165, 1.54) is 0 Å². The van der Waals surface area contributed by atoms with E-state index in [1.54, 1.807) is 19.4 Å². The van der Waals surface area contributed by atoms with Crippen LogP contribution in [-0.4, -0.2) is 30.4 Å². The Morgan fingerprint density at radius 1 is 1.00 bits per heavy atom. The summed E-state index contributed by atoms with van der Waals surface area (Å²) in [5, 5.41) is 5.27. The number of anilines is 1. The van der Waals surface area contributed by atoms with Crippen LogP contribution in [0.4, 0.5) is 5.69 Å². The molecule has 4 aromatic rings. The average Bonchev–Trinajstić information content (AvgIpc) is 3.52. The van der Waals surface area contributed by atoms with Crippen LogP contribution in [0.1, 0.15) is 23.5 Å². The van der Waals surface area contributed by atoms with Gasteiger partial charge in [-0.2, -0.15) is 0 Å². The number of ether oxygens (including phenoxy) is 2. The van der Waals surface area contributed by atoms with E-state index >= 15 is 0 Å². The third kappa shape index (κ3) is 5.28. The number of aromatic nitrogens is 1. The molecule has 1 saturated heterocycles. The Hall–Kier alpha value is -2.81. The van der Waals surface area contributed by atoms with Crippen molar-refractivity contribution >= 4 is 57.8 Å². The summed E-state index contributed by atoms with van der Waals surface area (Å²) < 4.78 is 17.2. The van der Waals surface area contributed by atoms with E-state index in [-0.39, 0.29) is 12.1 Å². The predicted molar refractivity (Wildman–Crippen MR) is 151 cm³/mol. The summed E-state index contributed by atoms with van der Waals surface area (Å²) in [6.45, 7) is 0.856. The average molecular weight is 575 g/mol. The molecule has 0 aliphatic carbocycles. The van der Waals surface area contributed by atoms with Crippen molar-refractivity contribution in [3.63, 3.8) is 0 Å². The van der Waals surface area contributed by atoms with Gasteiger partial charge in [0.1, 0.15) is 29.9 Å². The van der Waals surface area contributed by atoms with Crippen LogP contribution in [0.15, 0.2) is 77.3 Å². The second-order valence-electron chi connectivity index (χ2n) is 8.26. The minimum absolute atomic E-state index is 0.279. The molecular weight excluding hydrogens is 553 g/mol. The predicted octanol–water partition coefficient (Wildman–Crippen LogP) is 7.50. The summed E-state index contributed by atoms with van der Waals surface area (Å²) in [7, 11) is 1.62. The molecular formula is C27H22Cl3N3O3S. The fourth-order valence-electron chi connectivity index (χ4n) is 4.26. The topological polar surface area (TPSA) is 59.8 Å². The number of rotatable bonds is 8. The third-order valence-electron chi connectivity index (χ3n) is 5.97. The van der Waals surface area contributed by atoms with Gasteiger partial charge in [0.05, 0.1) is 33.4 Å². The number of hydrogen-bond acceptors (Lipinski definition) is 5. The molecule has 10 heteroatoms. The first-order valence-corrected chi connectivity index (χ1v) is 13.0. The van der Waals surface area contributed by atoms with E-state index < -0.39 is 0 Å². The second-order valence-corrected chi connectivity index (χ2v) is 9.84. The number of thiocarbonyl (C=S) groups is 1. The van der Waals surface area contributed by atoms with E-state index in [0.717, 1.165) is 11.4 Å². The molecule has 190 valence electrons. The van der Waals surface area contributed by atoms with Gasteiger partial charge in [-0.1, -0.05) is 46.9 Å². The Labute approximate surface area is 235 Å². The highest BCUT2D eigenvalue weighted by molar-refractivity contribution is 7.80. The molecule has 6 nitrogen and oxygen atoms in total. The Balaban J connectivity index is 1.55. The second kappa shape index (κ2) is 11.3. The number of methoxy groups -OCH3 is 1. The maximum Gasteiger partial charge on any atom is 0.174 e. The highest BCUT2D eigenvalue weighted by Crippen LogP contribution is 2.45. The van der Waals surface area contributed by atoms with E-state index in [2.05, 4.69) is 10.3 Å². The molecule has 0 saturated carbocycles. The molecule has 1 aliphatic rings. The van der Waals surface area contributed by atoms with Crippen LogP contribution in [0.5, 0.6) is 5.75 Å². The number of pyridine rings is 1. The molecule has 37 heavy (non-hydrogen) atoms. The number of hydrogen-bond donors (Lipinski definition) is 1. The lowest BCUT2D eigenvalue weighted by molar-refractivity contribution is 0.146. The summed E-state index contributed by atoms with van der Waals surface area (Å²) in [5.41, 5.74) is 2.31. The highest BCUT2D eigenvalue weighted by atomic mass is 35.5. The fourth-order valence-corrected chi connectivity index (χ4v) is 5.23. The smallest absolute Gasteiger partial charge is 0.174 e. The standard InChI is InChI=1S/C27H22Cl3N3O3S/c1-34-13-14-35-22-9-8-16(15-19(22)29)33-26(25(32-27(33)37)20-7-2-3-12-31-20)23-11-10-21(36-23)17-5-4-6-18(28)24(17)30/h2-12,15,25-26H,13-14H2,1H3,(H,32,37)/t25-,26-/m0/s1. The van der Waals surface area contributed by atoms with Gasteiger partial charge in [-0.25, -0.2) is 0 Å². The molecule has 0 amide bonds. The van der Waals surface area contributed by atoms with Gasteiger partial charge >= 0.3 is 0 Å². The van der Waals surface area contributed by atoms with Gasteiger partial charge in [-0.3, -0.25) is 4.98 Å². The van der Waals surface area contributed by atoms with E-state index in [9.17, 15) is 0 Å². The maximum absolute atomic E-state index is 6.58. The largest absolute Gasteiger partial charge is 0.490 e. The zero-order chi connectivity index (χ0) is 25.9. The van der Waals surface area contributed by atoms with Crippen LogP contribution in [0.25, 0.3) is 11.3 Å². The summed E-state index contributed by atoms with van der Waals surface area (Å²) in [6, 6.07) is 19.9. The van der Waals surface area contributed by atoms with Crippen molar-refractivity contribution in [1.82, 2.24) is 10.3 Å². The van der Waals surface area contributed by atoms with Crippen molar-refractivity contribution in [3.05, 3.63) is 99.4 Å². The van der Waals surface area contributed by atoms with Crippen LogP contribution in [0, 0.1) is 0 Å². The highest BCUT2D eigenvalue weighted by Gasteiger charge is 2.42. The lowest BCUT2D eigenvalue weighted by Gasteiger charge is -2.26. The van der Waals surface area contributed by atoms with Gasteiger partial charge in [0.25, 0.3) is 0 Å². The lowest BCUT2D eigenvalue weighted by atomic mass is 10.0. The van der Waals surface area contributed by atoms with Crippen molar-refractivity contribution in [2.24, 2.45) is 0 Å². The molecule has 2 aromatic carbocycles. The number of nitrogens with one attached hydrogen (secondary N) is 1. The Bertz CT molecular complexity index is 1420. The van der Waals surface area contributed by atoms with E-state index in [1.807, 2.05) is 65.6 Å². The molecule has 1 N–H and O–H groups in total. The van der Waals surface area contributed by atoms with Gasteiger partial charge < -0.3 is 24.1 Å². The Morgan fingerprint density at radius 2 is 1.86 bits per heavy atom. The Morgan fingerprint density at radius 3 is 2.62 bits per heavy atom. The number of furan rings is 1. The monoisotopic (exact) mass is 573 g/mol. The fraction of sp³-hybridized carbons (Fsp3) is 0.185. The summed E-state index contributed by atoms with van der Waals surface area (Å²) in [6.07, 6.45) is 1.75. The molecule has 1 fully saturated rings. The molecule has 5 rings (SSSR count). The van der Waals surface area contributed by atoms with Crippen molar-refractivity contribution in [2.45, 2.75) is 12.1 Å². The first-order chi connectivity index (χ1) is 18.0. The maximum atomic E-state index is 6.58. The lowest BCUT2D eigenvalue weighted by Crippen LogP contribution is -2.29. The van der Waals surface area contributed by atoms with Gasteiger partial charge in [0.2, 0.25) is 0 Å². The Kier molecular flexibility index (Phi) is 7.88. The SMILES string of the molecule is COCCOc1ccc(N2C(=S)N[C@@H](c3ccccn3)[C@@H]2c2ccc(-c3cccc(Cl)c3Cl)o2)cc1Cl. The van der Waals surface area contributed by atoms with Crippen LogP contribution >= 0.6 is 47.0 Å². The molecule has 0 radical (unpaired) electrons. The number of halogens is 3. The normalized spacial score (nSPS) is 17.2. The summed E-state index contributed by atoms with van der Waals surface area (Å²) in [5.74, 6) is 1.83. The van der Waals surface area contributed by atoms with Gasteiger partial charge in [0, 0.05) is 24.6 Å². The van der Waals surface area contributed by atoms with Gasteiger partial charge in [0.15, 0.2) is 5.11 Å². The molecule has 2 atom stereocenters. The molecule has 0 spiro atoms. The van der Waals surface area contributed by atoms with Gasteiger partial charge in [-0.05, 0) is 66.8 Å². The molecule has 2 aromatic heterocycles. The quantitative estimate of drug-likeness (QED) is 0.173. The van der Waals surface area contributed by atoms with E-state index in [0.29, 0.717) is 56.2 Å². The minimum Gasteiger partial charge on any atom is -0.490 e. The molecule has 0 unspecified atom stereocenters. The van der Waals surface area contributed by atoms with Crippen molar-refractivity contribution in [3.8, 4) is 17.1 Å². The van der Waals surface area contributed by atoms with Crippen molar-refractivity contribution in [1.29, 1.82) is 0 Å².